The molecule has 1 rings (SSSR count). The second-order valence-electron chi connectivity index (χ2n) is 1.77. The lowest BCUT2D eigenvalue weighted by atomic mass is 10.2. The zero-order valence-electron chi connectivity index (χ0n) is 4.55. The Bertz CT molecular complexity index is 68.2. The summed E-state index contributed by atoms with van der Waals surface area (Å²) in [6.45, 7) is 2.24. The van der Waals surface area contributed by atoms with Gasteiger partial charge in [0.2, 0.25) is 0 Å². The first-order chi connectivity index (χ1) is 3.43. The lowest BCUT2D eigenvalue weighted by molar-refractivity contribution is 0.849. The summed E-state index contributed by atoms with van der Waals surface area (Å²) in [7, 11) is 0. The zero-order chi connectivity index (χ0) is 5.11. The third kappa shape index (κ3) is 1.23. The van der Waals surface area contributed by atoms with E-state index >= 15 is 0 Å². The van der Waals surface area contributed by atoms with E-state index in [1.165, 1.54) is 12.8 Å². The largest absolute Gasteiger partial charge is 0.131 e. The molecule has 1 heterocycles. The fourth-order valence-electron chi connectivity index (χ4n) is 0.692. The molecule has 0 spiro atoms. The summed E-state index contributed by atoms with van der Waals surface area (Å²) in [5.41, 5.74) is 0. The average Bonchev–Trinajstić information content (AvgIpc) is 2.14. The third-order valence-corrected chi connectivity index (χ3v) is 2.48. The van der Waals surface area contributed by atoms with Crippen molar-refractivity contribution in [3.05, 3.63) is 11.5 Å². The molecule has 0 radical (unpaired) electrons. The number of hydrogen-bond acceptors (Lipinski definition) is 1. The standard InChI is InChI=1S/C6H10S/c1-2-6-4-3-5-7-6/h3,5-6H,2,4H2,1H3. The maximum Gasteiger partial charge on any atom is 0.0120 e. The van der Waals surface area contributed by atoms with Crippen molar-refractivity contribution in [3.8, 4) is 0 Å². The van der Waals surface area contributed by atoms with E-state index in [1.807, 2.05) is 11.8 Å². The summed E-state index contributed by atoms with van der Waals surface area (Å²) in [5.74, 6) is 0. The molecule has 7 heavy (non-hydrogen) atoms. The van der Waals surface area contributed by atoms with Gasteiger partial charge in [-0.25, -0.2) is 0 Å². The summed E-state index contributed by atoms with van der Waals surface area (Å²) in [5, 5.41) is 3.11. The van der Waals surface area contributed by atoms with E-state index < -0.39 is 0 Å². The molecule has 40 valence electrons. The van der Waals surface area contributed by atoms with E-state index in [9.17, 15) is 0 Å². The van der Waals surface area contributed by atoms with Crippen LogP contribution in [0.15, 0.2) is 11.5 Å². The molecule has 0 aliphatic carbocycles. The molecule has 0 bridgehead atoms. The van der Waals surface area contributed by atoms with Crippen molar-refractivity contribution in [1.82, 2.24) is 0 Å². The number of rotatable bonds is 1. The maximum atomic E-state index is 2.25. The van der Waals surface area contributed by atoms with Crippen LogP contribution in [-0.4, -0.2) is 5.25 Å². The molecule has 1 unspecified atom stereocenters. The van der Waals surface area contributed by atoms with Crippen LogP contribution in [0.1, 0.15) is 19.8 Å². The first-order valence-corrected chi connectivity index (χ1v) is 3.68. The Labute approximate surface area is 49.0 Å². The highest BCUT2D eigenvalue weighted by molar-refractivity contribution is 8.02. The van der Waals surface area contributed by atoms with Gasteiger partial charge in [0.25, 0.3) is 0 Å². The van der Waals surface area contributed by atoms with E-state index in [2.05, 4.69) is 18.4 Å². The highest BCUT2D eigenvalue weighted by atomic mass is 32.2. The van der Waals surface area contributed by atoms with Crippen LogP contribution in [0.4, 0.5) is 0 Å². The summed E-state index contributed by atoms with van der Waals surface area (Å²) >= 11 is 1.96. The van der Waals surface area contributed by atoms with Crippen LogP contribution in [0.2, 0.25) is 0 Å². The molecule has 1 aliphatic rings. The summed E-state index contributed by atoms with van der Waals surface area (Å²) < 4.78 is 0. The molecular formula is C6H10S. The van der Waals surface area contributed by atoms with Crippen molar-refractivity contribution >= 4 is 11.8 Å². The smallest absolute Gasteiger partial charge is 0.0120 e. The minimum Gasteiger partial charge on any atom is -0.131 e. The van der Waals surface area contributed by atoms with Gasteiger partial charge < -0.3 is 0 Å². The Morgan fingerprint density at radius 1 is 1.86 bits per heavy atom. The minimum atomic E-state index is 0.903. The molecule has 0 N–H and O–H groups in total. The molecule has 1 atom stereocenters. The fourth-order valence-corrected chi connectivity index (χ4v) is 1.55. The van der Waals surface area contributed by atoms with Crippen molar-refractivity contribution in [3.63, 3.8) is 0 Å². The lowest BCUT2D eigenvalue weighted by Crippen LogP contribution is -1.90. The van der Waals surface area contributed by atoms with E-state index in [-0.39, 0.29) is 0 Å². The van der Waals surface area contributed by atoms with Crippen LogP contribution in [0, 0.1) is 0 Å². The summed E-state index contributed by atoms with van der Waals surface area (Å²) in [4.78, 5) is 0. The summed E-state index contributed by atoms with van der Waals surface area (Å²) in [6.07, 6.45) is 4.86. The molecule has 0 nitrogen and oxygen atoms in total. The van der Waals surface area contributed by atoms with E-state index in [1.54, 1.807) is 0 Å². The van der Waals surface area contributed by atoms with Crippen molar-refractivity contribution in [2.75, 3.05) is 0 Å². The van der Waals surface area contributed by atoms with E-state index in [4.69, 9.17) is 0 Å². The molecule has 0 saturated carbocycles. The van der Waals surface area contributed by atoms with Gasteiger partial charge >= 0.3 is 0 Å². The highest BCUT2D eigenvalue weighted by Crippen LogP contribution is 2.25. The van der Waals surface area contributed by atoms with Crippen LogP contribution in [-0.2, 0) is 0 Å². The van der Waals surface area contributed by atoms with Crippen molar-refractivity contribution < 1.29 is 0 Å². The van der Waals surface area contributed by atoms with Gasteiger partial charge in [0.1, 0.15) is 0 Å². The van der Waals surface area contributed by atoms with Gasteiger partial charge in [0.05, 0.1) is 0 Å². The van der Waals surface area contributed by atoms with Gasteiger partial charge in [0.15, 0.2) is 0 Å². The first-order valence-electron chi connectivity index (χ1n) is 2.74. The van der Waals surface area contributed by atoms with E-state index in [0.717, 1.165) is 5.25 Å². The van der Waals surface area contributed by atoms with Crippen LogP contribution in [0.5, 0.6) is 0 Å². The number of thioether (sulfide) groups is 1. The van der Waals surface area contributed by atoms with Gasteiger partial charge in [0, 0.05) is 5.25 Å². The molecule has 0 aromatic rings. The SMILES string of the molecule is CCC1CC=CS1. The van der Waals surface area contributed by atoms with Crippen LogP contribution >= 0.6 is 11.8 Å². The number of hydrogen-bond donors (Lipinski definition) is 0. The molecule has 1 aliphatic heterocycles. The van der Waals surface area contributed by atoms with Crippen LogP contribution < -0.4 is 0 Å². The zero-order valence-corrected chi connectivity index (χ0v) is 5.37. The predicted octanol–water partition coefficient (Wildman–Crippen LogP) is 2.42. The molecule has 0 amide bonds. The Morgan fingerprint density at radius 3 is 3.00 bits per heavy atom. The van der Waals surface area contributed by atoms with Gasteiger partial charge in [-0.2, -0.15) is 0 Å². The van der Waals surface area contributed by atoms with E-state index in [0.29, 0.717) is 0 Å². The van der Waals surface area contributed by atoms with Crippen LogP contribution in [0.3, 0.4) is 0 Å². The second-order valence-corrected chi connectivity index (χ2v) is 2.98. The Balaban J connectivity index is 2.22. The topological polar surface area (TPSA) is 0 Å². The second kappa shape index (κ2) is 2.41. The fraction of sp³-hybridized carbons (Fsp3) is 0.667. The Hall–Kier alpha value is 0.0900. The predicted molar refractivity (Wildman–Crippen MR) is 35.4 cm³/mol. The average molecular weight is 114 g/mol. The molecule has 0 saturated heterocycles. The summed E-state index contributed by atoms with van der Waals surface area (Å²) in [6, 6.07) is 0. The quantitative estimate of drug-likeness (QED) is 0.504. The first kappa shape index (κ1) is 5.23. The van der Waals surface area contributed by atoms with Gasteiger partial charge in [-0.05, 0) is 18.2 Å². The van der Waals surface area contributed by atoms with Gasteiger partial charge in [-0.1, -0.05) is 13.0 Å². The molecular weight excluding hydrogens is 104 g/mol. The van der Waals surface area contributed by atoms with Gasteiger partial charge in [-0.15, -0.1) is 11.8 Å². The normalized spacial score (nSPS) is 29.0. The molecule has 0 aromatic heterocycles. The Morgan fingerprint density at radius 2 is 2.71 bits per heavy atom. The monoisotopic (exact) mass is 114 g/mol. The molecule has 0 aromatic carbocycles. The molecule has 0 fully saturated rings. The maximum absolute atomic E-state index is 2.25. The Kier molecular flexibility index (Phi) is 1.80. The lowest BCUT2D eigenvalue weighted by Gasteiger charge is -1.99. The minimum absolute atomic E-state index is 0.903. The third-order valence-electron chi connectivity index (χ3n) is 1.22. The van der Waals surface area contributed by atoms with Crippen molar-refractivity contribution in [1.29, 1.82) is 0 Å². The van der Waals surface area contributed by atoms with Gasteiger partial charge in [-0.3, -0.25) is 0 Å². The number of allylic oxidation sites excluding steroid dienone is 1. The van der Waals surface area contributed by atoms with Crippen molar-refractivity contribution in [2.24, 2.45) is 0 Å². The van der Waals surface area contributed by atoms with Crippen molar-refractivity contribution in [2.45, 2.75) is 25.0 Å². The van der Waals surface area contributed by atoms with Crippen LogP contribution in [0.25, 0.3) is 0 Å². The highest BCUT2D eigenvalue weighted by Gasteiger charge is 2.05. The molecule has 1 heteroatoms.